The molecule has 0 aromatic rings. The largest absolute Gasteiger partial charge is 0.396 e. The van der Waals surface area contributed by atoms with E-state index in [-0.39, 0.29) is 35.6 Å². The lowest BCUT2D eigenvalue weighted by molar-refractivity contribution is -0.324. The number of fused-ring (bicyclic) bond motifs is 1. The zero-order chi connectivity index (χ0) is 24.3. The molecule has 5 nitrogen and oxygen atoms in total. The van der Waals surface area contributed by atoms with Crippen molar-refractivity contribution >= 4 is 11.6 Å². The fraction of sp³-hybridized carbons (Fsp3) is 0.857. The van der Waals surface area contributed by atoms with Crippen molar-refractivity contribution in [2.45, 2.75) is 92.0 Å². The zero-order valence-electron chi connectivity index (χ0n) is 21.3. The Morgan fingerprint density at radius 2 is 1.79 bits per heavy atom. The van der Waals surface area contributed by atoms with E-state index in [0.29, 0.717) is 49.4 Å². The number of aliphatic hydroxyl groups excluding tert-OH is 1. The third kappa shape index (κ3) is 3.60. The summed E-state index contributed by atoms with van der Waals surface area (Å²) in [5.74, 6) is -1.32. The molecule has 4 fully saturated rings. The van der Waals surface area contributed by atoms with Gasteiger partial charge in [0.1, 0.15) is 11.6 Å². The second kappa shape index (κ2) is 8.57. The average molecular weight is 461 g/mol. The van der Waals surface area contributed by atoms with E-state index < -0.39 is 23.0 Å². The third-order valence-corrected chi connectivity index (χ3v) is 10.5. The quantitative estimate of drug-likeness (QED) is 0.545. The van der Waals surface area contributed by atoms with Gasteiger partial charge in [0.2, 0.25) is 0 Å². The van der Waals surface area contributed by atoms with Gasteiger partial charge in [0, 0.05) is 18.9 Å². The summed E-state index contributed by atoms with van der Waals surface area (Å²) in [5, 5.41) is 21.7. The number of carbonyl (C=O) groups is 2. The Hall–Kier alpha value is -1.04. The molecule has 0 aromatic carbocycles. The molecule has 0 amide bonds. The number of aliphatic hydroxyl groups is 2. The Morgan fingerprint density at radius 1 is 1.09 bits per heavy atom. The minimum Gasteiger partial charge on any atom is -0.396 e. The van der Waals surface area contributed by atoms with Crippen molar-refractivity contribution in [1.82, 2.24) is 0 Å². The van der Waals surface area contributed by atoms with Gasteiger partial charge in [-0.3, -0.25) is 9.59 Å². The van der Waals surface area contributed by atoms with E-state index in [4.69, 9.17) is 4.74 Å². The van der Waals surface area contributed by atoms with Crippen molar-refractivity contribution in [3.8, 4) is 0 Å². The first-order valence-corrected chi connectivity index (χ1v) is 13.2. The van der Waals surface area contributed by atoms with Crippen LogP contribution in [0.5, 0.6) is 0 Å². The molecule has 2 bridgehead atoms. The standard InChI is InChI=1S/C28H44O5/c1-16(2)17(3)7-8-18(4)20-9-10-21(26(20,5)13-14-29)23-24-22(30)15-19-11-12-27(6,25(23)31)28(24,32)33-19/h7-8,16-21,23-24,29,32H,9-15H2,1-6H3/b8-7+/t17-,18+,19?,20+,21-,23+,24-,26+,27+,28?/m0/s1. The molecule has 2 heterocycles. The summed E-state index contributed by atoms with van der Waals surface area (Å²) in [4.78, 5) is 27.3. The van der Waals surface area contributed by atoms with Gasteiger partial charge in [-0.15, -0.1) is 0 Å². The molecule has 5 heteroatoms. The second-order valence-corrected chi connectivity index (χ2v) is 12.5. The Labute approximate surface area is 199 Å². The molecular weight excluding hydrogens is 416 g/mol. The highest BCUT2D eigenvalue weighted by Gasteiger charge is 2.75. The zero-order valence-corrected chi connectivity index (χ0v) is 21.3. The average Bonchev–Trinajstić information content (AvgIpc) is 3.17. The van der Waals surface area contributed by atoms with Crippen LogP contribution in [0.2, 0.25) is 0 Å². The van der Waals surface area contributed by atoms with Crippen LogP contribution in [0.25, 0.3) is 0 Å². The number of hydrogen-bond acceptors (Lipinski definition) is 5. The monoisotopic (exact) mass is 460 g/mol. The summed E-state index contributed by atoms with van der Waals surface area (Å²) in [6.07, 6.45) is 8.28. The number of ketones is 2. The molecular formula is C28H44O5. The summed E-state index contributed by atoms with van der Waals surface area (Å²) in [6.45, 7) is 13.0. The molecule has 2 saturated carbocycles. The smallest absolute Gasteiger partial charge is 0.188 e. The van der Waals surface area contributed by atoms with Crippen LogP contribution in [0.4, 0.5) is 0 Å². The van der Waals surface area contributed by atoms with Crippen LogP contribution in [-0.4, -0.2) is 40.3 Å². The van der Waals surface area contributed by atoms with E-state index in [1.54, 1.807) is 0 Å². The van der Waals surface area contributed by atoms with Crippen LogP contribution in [-0.2, 0) is 14.3 Å². The number of hydrogen-bond donors (Lipinski definition) is 2. The lowest BCUT2D eigenvalue weighted by Crippen LogP contribution is -2.61. The molecule has 0 aromatic heterocycles. The fourth-order valence-corrected chi connectivity index (χ4v) is 7.94. The Kier molecular flexibility index (Phi) is 6.51. The number of Topliss-reactive ketones (excluding diaryl/α,β-unsaturated/α-hetero) is 2. The number of allylic oxidation sites excluding steroid dienone is 2. The first-order valence-electron chi connectivity index (χ1n) is 13.2. The fourth-order valence-electron chi connectivity index (χ4n) is 7.94. The minimum absolute atomic E-state index is 0.00939. The highest BCUT2D eigenvalue weighted by atomic mass is 16.6. The predicted molar refractivity (Wildman–Crippen MR) is 127 cm³/mol. The molecule has 4 aliphatic rings. The molecule has 33 heavy (non-hydrogen) atoms. The van der Waals surface area contributed by atoms with E-state index in [1.807, 2.05) is 6.92 Å². The van der Waals surface area contributed by atoms with Gasteiger partial charge in [-0.1, -0.05) is 46.8 Å². The highest BCUT2D eigenvalue weighted by Crippen LogP contribution is 2.66. The topological polar surface area (TPSA) is 83.8 Å². The van der Waals surface area contributed by atoms with Gasteiger partial charge in [0.15, 0.2) is 5.79 Å². The van der Waals surface area contributed by atoms with Crippen LogP contribution >= 0.6 is 0 Å². The van der Waals surface area contributed by atoms with Gasteiger partial charge >= 0.3 is 0 Å². The maximum absolute atomic E-state index is 14.0. The van der Waals surface area contributed by atoms with Crippen LogP contribution in [0.3, 0.4) is 0 Å². The summed E-state index contributed by atoms with van der Waals surface area (Å²) >= 11 is 0. The lowest BCUT2D eigenvalue weighted by Gasteiger charge is -2.50. The highest BCUT2D eigenvalue weighted by molar-refractivity contribution is 5.99. The molecule has 4 rings (SSSR count). The van der Waals surface area contributed by atoms with Gasteiger partial charge in [0.25, 0.3) is 0 Å². The summed E-state index contributed by atoms with van der Waals surface area (Å²) in [5.41, 5.74) is -1.30. The Balaban J connectivity index is 1.68. The van der Waals surface area contributed by atoms with Crippen molar-refractivity contribution in [3.63, 3.8) is 0 Å². The van der Waals surface area contributed by atoms with Crippen LogP contribution in [0.15, 0.2) is 12.2 Å². The second-order valence-electron chi connectivity index (χ2n) is 12.5. The first kappa shape index (κ1) is 25.1. The minimum atomic E-state index is -1.68. The van der Waals surface area contributed by atoms with E-state index in [2.05, 4.69) is 46.8 Å². The van der Waals surface area contributed by atoms with Crippen LogP contribution in [0.1, 0.15) is 80.1 Å². The maximum Gasteiger partial charge on any atom is 0.188 e. The molecule has 2 N–H and O–H groups in total. The Bertz CT molecular complexity index is 819. The molecule has 0 spiro atoms. The molecule has 10 atom stereocenters. The SMILES string of the molecule is CC(C)[C@@H](C)/C=C/[C@@H](C)[C@H]1CC[C@@H]([C@H]2C(=O)[C@@]3(C)CCC4CC(=O)[C@@H]2C3(O)O4)[C@]1(C)CCO. The van der Waals surface area contributed by atoms with Crippen LogP contribution < -0.4 is 0 Å². The summed E-state index contributed by atoms with van der Waals surface area (Å²) in [7, 11) is 0. The molecule has 2 aliphatic carbocycles. The number of carbonyl (C=O) groups excluding carboxylic acids is 2. The van der Waals surface area contributed by atoms with E-state index in [9.17, 15) is 19.8 Å². The van der Waals surface area contributed by atoms with E-state index in [1.165, 1.54) is 0 Å². The van der Waals surface area contributed by atoms with Crippen molar-refractivity contribution in [2.24, 2.45) is 52.3 Å². The molecule has 186 valence electrons. The summed E-state index contributed by atoms with van der Waals surface area (Å²) < 4.78 is 6.07. The molecule has 2 unspecified atom stereocenters. The van der Waals surface area contributed by atoms with Crippen molar-refractivity contribution in [2.75, 3.05) is 6.61 Å². The van der Waals surface area contributed by atoms with Crippen molar-refractivity contribution in [3.05, 3.63) is 12.2 Å². The summed E-state index contributed by atoms with van der Waals surface area (Å²) in [6, 6.07) is 0. The van der Waals surface area contributed by atoms with E-state index in [0.717, 1.165) is 12.8 Å². The normalized spacial score (nSPS) is 47.0. The number of ether oxygens (including phenoxy) is 1. The van der Waals surface area contributed by atoms with Crippen molar-refractivity contribution in [1.29, 1.82) is 0 Å². The lowest BCUT2D eigenvalue weighted by atomic mass is 9.61. The molecule has 0 radical (unpaired) electrons. The van der Waals surface area contributed by atoms with Gasteiger partial charge < -0.3 is 14.9 Å². The third-order valence-electron chi connectivity index (χ3n) is 10.5. The van der Waals surface area contributed by atoms with E-state index >= 15 is 0 Å². The molecule has 2 aliphatic heterocycles. The van der Waals surface area contributed by atoms with Gasteiger partial charge in [-0.25, -0.2) is 0 Å². The maximum atomic E-state index is 14.0. The van der Waals surface area contributed by atoms with Gasteiger partial charge in [-0.05, 0) is 74.0 Å². The predicted octanol–water partition coefficient (Wildman–Crippen LogP) is 4.55. The molecule has 2 saturated heterocycles. The van der Waals surface area contributed by atoms with Gasteiger partial charge in [0.05, 0.1) is 17.4 Å². The Morgan fingerprint density at radius 3 is 2.42 bits per heavy atom. The van der Waals surface area contributed by atoms with Gasteiger partial charge in [-0.2, -0.15) is 0 Å². The van der Waals surface area contributed by atoms with Crippen LogP contribution in [0, 0.1) is 52.3 Å². The van der Waals surface area contributed by atoms with Crippen molar-refractivity contribution < 1.29 is 24.5 Å². The number of rotatable bonds is 7. The first-order chi connectivity index (χ1) is 15.4.